The number of hydrogen-bond donors (Lipinski definition) is 0. The van der Waals surface area contributed by atoms with E-state index in [0.29, 0.717) is 49.1 Å². The number of rotatable bonds is 4. The van der Waals surface area contributed by atoms with Gasteiger partial charge in [0.1, 0.15) is 17.9 Å². The van der Waals surface area contributed by atoms with Gasteiger partial charge in [-0.05, 0) is 24.3 Å². The molecule has 0 amide bonds. The van der Waals surface area contributed by atoms with Crippen LogP contribution in [0.1, 0.15) is 12.0 Å². The molecule has 0 radical (unpaired) electrons. The predicted molar refractivity (Wildman–Crippen MR) is 107 cm³/mol. The van der Waals surface area contributed by atoms with Crippen molar-refractivity contribution in [2.45, 2.75) is 25.6 Å². The molecule has 0 saturated carbocycles. The van der Waals surface area contributed by atoms with E-state index in [9.17, 15) is 22.0 Å². The van der Waals surface area contributed by atoms with Gasteiger partial charge in [-0.15, -0.1) is 0 Å². The van der Waals surface area contributed by atoms with Gasteiger partial charge in [0.2, 0.25) is 0 Å². The molecule has 0 spiro atoms. The molecular weight excluding hydrogens is 433 g/mol. The first-order valence-corrected chi connectivity index (χ1v) is 10.3. The number of aromatic nitrogens is 5. The van der Waals surface area contributed by atoms with Crippen molar-refractivity contribution in [2.75, 3.05) is 36.0 Å². The number of fused-ring (bicyclic) bond motifs is 2. The Morgan fingerprint density at radius 1 is 1.03 bits per heavy atom. The highest BCUT2D eigenvalue weighted by atomic mass is 19.4. The molecule has 3 aromatic heterocycles. The molecule has 0 bridgehead atoms. The van der Waals surface area contributed by atoms with E-state index in [1.807, 2.05) is 4.90 Å². The maximum Gasteiger partial charge on any atom is 0.418 e. The molecule has 3 aromatic rings. The first kappa shape index (κ1) is 20.8. The van der Waals surface area contributed by atoms with Crippen molar-refractivity contribution in [3.05, 3.63) is 36.4 Å². The van der Waals surface area contributed by atoms with Crippen molar-refractivity contribution < 1.29 is 22.0 Å². The second-order valence-corrected chi connectivity index (χ2v) is 8.21. The Morgan fingerprint density at radius 2 is 1.81 bits per heavy atom. The van der Waals surface area contributed by atoms with Crippen LogP contribution in [0, 0.1) is 11.8 Å². The van der Waals surface area contributed by atoms with E-state index >= 15 is 0 Å². The van der Waals surface area contributed by atoms with Gasteiger partial charge < -0.3 is 9.80 Å². The minimum Gasteiger partial charge on any atom is -0.369 e. The van der Waals surface area contributed by atoms with Crippen LogP contribution >= 0.6 is 0 Å². The third kappa shape index (κ3) is 3.82. The van der Waals surface area contributed by atoms with Gasteiger partial charge in [0, 0.05) is 32.4 Å². The largest absolute Gasteiger partial charge is 0.418 e. The van der Waals surface area contributed by atoms with E-state index in [-0.39, 0.29) is 11.6 Å². The fourth-order valence-electron chi connectivity index (χ4n) is 4.71. The number of hydrogen-bond acceptors (Lipinski definition) is 6. The zero-order chi connectivity index (χ0) is 22.5. The quantitative estimate of drug-likeness (QED) is 0.564. The summed E-state index contributed by atoms with van der Waals surface area (Å²) in [5.41, 5.74) is 0.163. The summed E-state index contributed by atoms with van der Waals surface area (Å²) in [6.07, 6.45) is -0.825. The van der Waals surface area contributed by atoms with Gasteiger partial charge in [-0.25, -0.2) is 23.4 Å². The summed E-state index contributed by atoms with van der Waals surface area (Å²) in [5.74, 6) is 1.01. The van der Waals surface area contributed by atoms with Crippen molar-refractivity contribution >= 4 is 22.7 Å². The van der Waals surface area contributed by atoms with Gasteiger partial charge >= 0.3 is 6.18 Å². The van der Waals surface area contributed by atoms with E-state index in [1.165, 1.54) is 12.4 Å². The van der Waals surface area contributed by atoms with Gasteiger partial charge in [0.15, 0.2) is 5.65 Å². The summed E-state index contributed by atoms with van der Waals surface area (Å²) in [7, 11) is 0. The third-order valence-electron chi connectivity index (χ3n) is 6.21. The standard InChI is InChI=1S/C20H20F5N7/c21-17(22)11-32-19-15(5-28-32)27-7-18(29-19)31-8-12-2-4-30(9-13(12)10-31)16-6-26-3-1-14(16)20(23,24)25/h1,3,5-7,12-13,17H,2,4,8-11H2. The molecule has 0 aromatic carbocycles. The molecule has 2 aliphatic heterocycles. The van der Waals surface area contributed by atoms with Crippen molar-refractivity contribution in [1.82, 2.24) is 24.7 Å². The third-order valence-corrected chi connectivity index (χ3v) is 6.21. The van der Waals surface area contributed by atoms with Crippen LogP contribution in [0.2, 0.25) is 0 Å². The molecule has 32 heavy (non-hydrogen) atoms. The molecule has 7 nitrogen and oxygen atoms in total. The lowest BCUT2D eigenvalue weighted by Gasteiger charge is -2.36. The van der Waals surface area contributed by atoms with Crippen molar-refractivity contribution in [3.8, 4) is 0 Å². The van der Waals surface area contributed by atoms with E-state index in [1.54, 1.807) is 11.1 Å². The molecule has 0 N–H and O–H groups in total. The van der Waals surface area contributed by atoms with E-state index in [0.717, 1.165) is 23.4 Å². The molecule has 0 aliphatic carbocycles. The van der Waals surface area contributed by atoms with Gasteiger partial charge in [-0.1, -0.05) is 0 Å². The molecular formula is C20H20F5N7. The maximum absolute atomic E-state index is 13.4. The lowest BCUT2D eigenvalue weighted by molar-refractivity contribution is -0.137. The zero-order valence-electron chi connectivity index (χ0n) is 16.9. The average Bonchev–Trinajstić information content (AvgIpc) is 3.36. The molecule has 2 fully saturated rings. The van der Waals surface area contributed by atoms with Crippen molar-refractivity contribution in [2.24, 2.45) is 11.8 Å². The van der Waals surface area contributed by atoms with Crippen LogP contribution < -0.4 is 9.80 Å². The number of piperidine rings is 1. The summed E-state index contributed by atoms with van der Waals surface area (Å²) in [4.78, 5) is 16.5. The van der Waals surface area contributed by atoms with E-state index in [2.05, 4.69) is 20.1 Å². The van der Waals surface area contributed by atoms with Crippen molar-refractivity contribution in [3.63, 3.8) is 0 Å². The van der Waals surface area contributed by atoms with E-state index < -0.39 is 24.7 Å². The lowest BCUT2D eigenvalue weighted by atomic mass is 9.88. The molecule has 5 rings (SSSR count). The Balaban J connectivity index is 1.35. The Bertz CT molecular complexity index is 1120. The highest BCUT2D eigenvalue weighted by Gasteiger charge is 2.41. The number of alkyl halides is 5. The molecule has 170 valence electrons. The fraction of sp³-hybridized carbons (Fsp3) is 0.500. The second kappa shape index (κ2) is 7.82. The number of halogens is 5. The summed E-state index contributed by atoms with van der Waals surface area (Å²) >= 11 is 0. The van der Waals surface area contributed by atoms with Crippen LogP contribution in [0.4, 0.5) is 33.5 Å². The number of nitrogens with zero attached hydrogens (tertiary/aromatic N) is 7. The highest BCUT2D eigenvalue weighted by Crippen LogP contribution is 2.40. The minimum absolute atomic E-state index is 0.106. The average molecular weight is 453 g/mol. The Hall–Kier alpha value is -3.05. The van der Waals surface area contributed by atoms with E-state index in [4.69, 9.17) is 0 Å². The minimum atomic E-state index is -4.44. The SMILES string of the molecule is FC(F)Cn1ncc2ncc(N3CC4CCN(c5cnccc5C(F)(F)F)CC4C3)nc21. The van der Waals surface area contributed by atoms with Crippen LogP contribution in [-0.4, -0.2) is 57.3 Å². The number of anilines is 2. The molecule has 2 saturated heterocycles. The van der Waals surface area contributed by atoms with Gasteiger partial charge in [0.05, 0.1) is 29.8 Å². The van der Waals surface area contributed by atoms with Gasteiger partial charge in [-0.2, -0.15) is 18.3 Å². The Morgan fingerprint density at radius 3 is 2.59 bits per heavy atom. The summed E-state index contributed by atoms with van der Waals surface area (Å²) in [6.45, 7) is 1.73. The topological polar surface area (TPSA) is 63.0 Å². The summed E-state index contributed by atoms with van der Waals surface area (Å²) in [5, 5.41) is 3.94. The van der Waals surface area contributed by atoms with Crippen LogP contribution in [0.25, 0.3) is 11.2 Å². The molecule has 2 unspecified atom stereocenters. The Kier molecular flexibility index (Phi) is 5.09. The molecule has 5 heterocycles. The molecule has 2 aliphatic rings. The van der Waals surface area contributed by atoms with Crippen LogP contribution in [0.5, 0.6) is 0 Å². The highest BCUT2D eigenvalue weighted by molar-refractivity contribution is 5.71. The molecule has 12 heteroatoms. The van der Waals surface area contributed by atoms with Crippen molar-refractivity contribution in [1.29, 1.82) is 0 Å². The monoisotopic (exact) mass is 453 g/mol. The maximum atomic E-state index is 13.4. The second-order valence-electron chi connectivity index (χ2n) is 8.21. The van der Waals surface area contributed by atoms with Gasteiger partial charge in [-0.3, -0.25) is 4.98 Å². The fourth-order valence-corrected chi connectivity index (χ4v) is 4.71. The summed E-state index contributed by atoms with van der Waals surface area (Å²) < 4.78 is 67.1. The van der Waals surface area contributed by atoms with Crippen LogP contribution in [-0.2, 0) is 12.7 Å². The normalized spacial score (nSPS) is 21.6. The van der Waals surface area contributed by atoms with Gasteiger partial charge in [0.25, 0.3) is 6.43 Å². The smallest absolute Gasteiger partial charge is 0.369 e. The van der Waals surface area contributed by atoms with Crippen LogP contribution in [0.3, 0.4) is 0 Å². The summed E-state index contributed by atoms with van der Waals surface area (Å²) in [6, 6.07) is 1.01. The van der Waals surface area contributed by atoms with Crippen LogP contribution in [0.15, 0.2) is 30.9 Å². The molecule has 2 atom stereocenters. The first-order chi connectivity index (χ1) is 15.3. The predicted octanol–water partition coefficient (Wildman–Crippen LogP) is 3.47. The number of pyridine rings is 1. The zero-order valence-corrected chi connectivity index (χ0v) is 16.9. The lowest BCUT2D eigenvalue weighted by Crippen LogP contribution is -2.41. The Labute approximate surface area is 179 Å². The first-order valence-electron chi connectivity index (χ1n) is 10.3.